The molecule has 0 saturated carbocycles. The maximum Gasteiger partial charge on any atom is -0.0227 e. The third kappa shape index (κ3) is 10.1. The Bertz CT molecular complexity index is 371. The molecule has 106 valence electrons. The van der Waals surface area contributed by atoms with Gasteiger partial charge in [0.2, 0.25) is 0 Å². The van der Waals surface area contributed by atoms with Crippen LogP contribution >= 0.6 is 0 Å². The molecule has 0 aliphatic carbocycles. The molecule has 0 nitrogen and oxygen atoms in total. The van der Waals surface area contributed by atoms with Gasteiger partial charge in [0, 0.05) is 0 Å². The molecule has 0 spiro atoms. The van der Waals surface area contributed by atoms with Crippen LogP contribution in [0.4, 0.5) is 0 Å². The van der Waals surface area contributed by atoms with Crippen molar-refractivity contribution in [2.24, 2.45) is 0 Å². The van der Waals surface area contributed by atoms with Crippen molar-refractivity contribution in [1.82, 2.24) is 0 Å². The fourth-order valence-corrected chi connectivity index (χ4v) is 1.51. The van der Waals surface area contributed by atoms with Crippen molar-refractivity contribution in [2.45, 2.75) is 48.0 Å². The van der Waals surface area contributed by atoms with Gasteiger partial charge in [-0.05, 0) is 37.8 Å². The zero-order valence-electron chi connectivity index (χ0n) is 12.2. The monoisotopic (exact) mass is 258 g/mol. The summed E-state index contributed by atoms with van der Waals surface area (Å²) in [7, 11) is 0. The average Bonchev–Trinajstić information content (AvgIpc) is 2.38. The third-order valence-corrected chi connectivity index (χ3v) is 2.41. The standard InChI is InChI=1S/C18H26.CH4/c1-5-9-11-13-15-17(8-4)18(14-7-3)16-12-10-6-2;/h6,8-16H,5,7H2,1-4H3;1H4/b10-6-,11-9-,15-13-,16-12-,17-8+,18-14+;. The first kappa shape index (κ1) is 19.8. The van der Waals surface area contributed by atoms with E-state index in [-0.39, 0.29) is 7.43 Å². The Morgan fingerprint density at radius 3 is 1.95 bits per heavy atom. The molecule has 0 unspecified atom stereocenters. The van der Waals surface area contributed by atoms with Crippen molar-refractivity contribution >= 4 is 0 Å². The van der Waals surface area contributed by atoms with Crippen LogP contribution < -0.4 is 0 Å². The zero-order valence-corrected chi connectivity index (χ0v) is 12.2. The molecule has 0 radical (unpaired) electrons. The normalized spacial score (nSPS) is 14.1. The van der Waals surface area contributed by atoms with Gasteiger partial charge in [-0.15, -0.1) is 0 Å². The van der Waals surface area contributed by atoms with Crippen molar-refractivity contribution < 1.29 is 0 Å². The minimum absolute atomic E-state index is 0. The highest BCUT2D eigenvalue weighted by molar-refractivity contribution is 5.47. The van der Waals surface area contributed by atoms with Gasteiger partial charge in [0.15, 0.2) is 0 Å². The lowest BCUT2D eigenvalue weighted by atomic mass is 10.0. The maximum absolute atomic E-state index is 2.25. The summed E-state index contributed by atoms with van der Waals surface area (Å²) >= 11 is 0. The molecule has 0 bridgehead atoms. The van der Waals surface area contributed by atoms with Gasteiger partial charge in [0.05, 0.1) is 0 Å². The van der Waals surface area contributed by atoms with Gasteiger partial charge in [0.25, 0.3) is 0 Å². The van der Waals surface area contributed by atoms with Crippen molar-refractivity contribution in [3.8, 4) is 0 Å². The molecule has 0 atom stereocenters. The van der Waals surface area contributed by atoms with Gasteiger partial charge in [-0.1, -0.05) is 82.0 Å². The average molecular weight is 258 g/mol. The van der Waals surface area contributed by atoms with Gasteiger partial charge in [-0.25, -0.2) is 0 Å². The number of allylic oxidation sites excluding steroid dienone is 12. The second-order valence-electron chi connectivity index (χ2n) is 3.89. The Morgan fingerprint density at radius 1 is 0.789 bits per heavy atom. The summed E-state index contributed by atoms with van der Waals surface area (Å²) in [6.07, 6.45) is 23.4. The highest BCUT2D eigenvalue weighted by Gasteiger charge is 1.95. The minimum atomic E-state index is 0. The Morgan fingerprint density at radius 2 is 1.42 bits per heavy atom. The van der Waals surface area contributed by atoms with Crippen molar-refractivity contribution in [1.29, 1.82) is 0 Å². The topological polar surface area (TPSA) is 0 Å². The lowest BCUT2D eigenvalue weighted by Gasteiger charge is -2.02. The molecule has 0 aromatic heterocycles. The van der Waals surface area contributed by atoms with Crippen LogP contribution in [-0.2, 0) is 0 Å². The van der Waals surface area contributed by atoms with E-state index in [2.05, 4.69) is 75.5 Å². The third-order valence-electron chi connectivity index (χ3n) is 2.41. The Balaban J connectivity index is 0. The van der Waals surface area contributed by atoms with Crippen LogP contribution in [0.25, 0.3) is 0 Å². The molecule has 0 aromatic carbocycles. The molecule has 0 amide bonds. The van der Waals surface area contributed by atoms with E-state index in [1.165, 1.54) is 11.1 Å². The Kier molecular flexibility index (Phi) is 15.1. The molecule has 0 N–H and O–H groups in total. The lowest BCUT2D eigenvalue weighted by Crippen LogP contribution is -1.83. The molecular weight excluding hydrogens is 228 g/mol. The predicted molar refractivity (Wildman–Crippen MR) is 91.4 cm³/mol. The van der Waals surface area contributed by atoms with Crippen LogP contribution in [0.3, 0.4) is 0 Å². The van der Waals surface area contributed by atoms with E-state index >= 15 is 0 Å². The fraction of sp³-hybridized carbons (Fsp3) is 0.368. The first-order valence-electron chi connectivity index (χ1n) is 6.79. The van der Waals surface area contributed by atoms with E-state index in [1.54, 1.807) is 0 Å². The summed E-state index contributed by atoms with van der Waals surface area (Å²) in [5.74, 6) is 0. The largest absolute Gasteiger partial charge is 0.0877 e. The molecular formula is C19H30. The maximum atomic E-state index is 2.25. The van der Waals surface area contributed by atoms with Crippen molar-refractivity contribution in [2.75, 3.05) is 0 Å². The van der Waals surface area contributed by atoms with E-state index in [1.807, 2.05) is 13.0 Å². The molecule has 0 aliphatic rings. The summed E-state index contributed by atoms with van der Waals surface area (Å²) in [6, 6.07) is 0. The SMILES string of the molecule is C.C\C=C/C=C\C(=C/CC)C(\C=C/C=C\CC)=C\C. The first-order valence-corrected chi connectivity index (χ1v) is 6.79. The first-order chi connectivity index (χ1) is 8.79. The quantitative estimate of drug-likeness (QED) is 0.454. The number of hydrogen-bond acceptors (Lipinski definition) is 0. The van der Waals surface area contributed by atoms with Gasteiger partial charge in [-0.2, -0.15) is 0 Å². The smallest absolute Gasteiger partial charge is 0.0227 e. The summed E-state index contributed by atoms with van der Waals surface area (Å²) in [5.41, 5.74) is 2.54. The fourth-order valence-electron chi connectivity index (χ4n) is 1.51. The second kappa shape index (κ2) is 14.5. The minimum Gasteiger partial charge on any atom is -0.0877 e. The molecule has 0 fully saturated rings. The molecule has 19 heavy (non-hydrogen) atoms. The van der Waals surface area contributed by atoms with Crippen LogP contribution in [-0.4, -0.2) is 0 Å². The molecule has 0 aliphatic heterocycles. The number of hydrogen-bond donors (Lipinski definition) is 0. The highest BCUT2D eigenvalue weighted by Crippen LogP contribution is 2.14. The van der Waals surface area contributed by atoms with E-state index in [0.717, 1.165) is 12.8 Å². The molecule has 0 heterocycles. The van der Waals surface area contributed by atoms with E-state index < -0.39 is 0 Å². The van der Waals surface area contributed by atoms with Crippen molar-refractivity contribution in [3.05, 3.63) is 71.9 Å². The van der Waals surface area contributed by atoms with Crippen LogP contribution in [0, 0.1) is 0 Å². The van der Waals surface area contributed by atoms with Crippen LogP contribution in [0.1, 0.15) is 48.0 Å². The number of rotatable bonds is 7. The summed E-state index contributed by atoms with van der Waals surface area (Å²) in [4.78, 5) is 0. The van der Waals surface area contributed by atoms with Crippen LogP contribution in [0.2, 0.25) is 0 Å². The summed E-state index contributed by atoms with van der Waals surface area (Å²) in [6.45, 7) is 8.41. The van der Waals surface area contributed by atoms with Gasteiger partial charge < -0.3 is 0 Å². The van der Waals surface area contributed by atoms with Gasteiger partial charge in [0.1, 0.15) is 0 Å². The lowest BCUT2D eigenvalue weighted by molar-refractivity contribution is 1.20. The van der Waals surface area contributed by atoms with Gasteiger partial charge >= 0.3 is 0 Å². The molecule has 0 rings (SSSR count). The predicted octanol–water partition coefficient (Wildman–Crippen LogP) is 6.56. The molecule has 0 aromatic rings. The molecule has 0 saturated heterocycles. The van der Waals surface area contributed by atoms with Crippen LogP contribution in [0.5, 0.6) is 0 Å². The Hall–Kier alpha value is -1.56. The highest BCUT2D eigenvalue weighted by atomic mass is 14.0. The van der Waals surface area contributed by atoms with E-state index in [4.69, 9.17) is 0 Å². The van der Waals surface area contributed by atoms with Crippen molar-refractivity contribution in [3.63, 3.8) is 0 Å². The van der Waals surface area contributed by atoms with E-state index in [0.29, 0.717) is 0 Å². The summed E-state index contributed by atoms with van der Waals surface area (Å²) in [5, 5.41) is 0. The van der Waals surface area contributed by atoms with Crippen LogP contribution in [0.15, 0.2) is 71.9 Å². The summed E-state index contributed by atoms with van der Waals surface area (Å²) < 4.78 is 0. The molecule has 0 heteroatoms. The Labute approximate surface area is 120 Å². The second-order valence-corrected chi connectivity index (χ2v) is 3.89. The zero-order chi connectivity index (χ0) is 13.6. The van der Waals surface area contributed by atoms with E-state index in [9.17, 15) is 0 Å². The van der Waals surface area contributed by atoms with Gasteiger partial charge in [-0.3, -0.25) is 0 Å².